The summed E-state index contributed by atoms with van der Waals surface area (Å²) in [7, 11) is 0. The normalized spacial score (nSPS) is 16.1. The third-order valence-electron chi connectivity index (χ3n) is 7.31. The van der Waals surface area contributed by atoms with Crippen LogP contribution in [-0.4, -0.2) is 39.6 Å². The summed E-state index contributed by atoms with van der Waals surface area (Å²) in [5.41, 5.74) is 1.70. The van der Waals surface area contributed by atoms with E-state index in [9.17, 15) is 18.0 Å². The van der Waals surface area contributed by atoms with Gasteiger partial charge >= 0.3 is 6.18 Å². The van der Waals surface area contributed by atoms with E-state index in [4.69, 9.17) is 0 Å². The largest absolute Gasteiger partial charge is 0.399 e. The molecule has 1 saturated carbocycles. The first-order valence-electron chi connectivity index (χ1n) is 13.0. The van der Waals surface area contributed by atoms with Crippen molar-refractivity contribution in [3.05, 3.63) is 65.1 Å². The average Bonchev–Trinajstić information content (AvgIpc) is 3.63. The predicted molar refractivity (Wildman–Crippen MR) is 144 cm³/mol. The minimum atomic E-state index is -4.49. The lowest BCUT2D eigenvalue weighted by Crippen LogP contribution is -2.37. The molecule has 1 aliphatic heterocycles. The van der Waals surface area contributed by atoms with Gasteiger partial charge in [0.05, 0.1) is 5.69 Å². The zero-order valence-electron chi connectivity index (χ0n) is 22.3. The van der Waals surface area contributed by atoms with Crippen molar-refractivity contribution >= 4 is 29.0 Å². The van der Waals surface area contributed by atoms with Crippen molar-refractivity contribution in [2.75, 3.05) is 17.2 Å². The number of halogens is 3. The third-order valence-corrected chi connectivity index (χ3v) is 7.31. The molecule has 2 aromatic heterocycles. The number of alkyl halides is 3. The number of aromatic nitrogens is 3. The van der Waals surface area contributed by atoms with E-state index in [1.54, 1.807) is 0 Å². The van der Waals surface area contributed by atoms with Crippen LogP contribution in [0.3, 0.4) is 0 Å². The molecular weight excluding hydrogens is 507 g/mol. The summed E-state index contributed by atoms with van der Waals surface area (Å²) in [6.45, 7) is 6.74. The van der Waals surface area contributed by atoms with Crippen LogP contribution in [0.4, 0.5) is 36.3 Å². The van der Waals surface area contributed by atoms with Crippen LogP contribution < -0.4 is 21.3 Å². The van der Waals surface area contributed by atoms with E-state index >= 15 is 0 Å². The first-order valence-corrected chi connectivity index (χ1v) is 13.0. The Morgan fingerprint density at radius 2 is 1.79 bits per heavy atom. The fourth-order valence-electron chi connectivity index (χ4n) is 4.75. The zero-order chi connectivity index (χ0) is 28.0. The molecule has 39 heavy (non-hydrogen) atoms. The van der Waals surface area contributed by atoms with Gasteiger partial charge in [-0.2, -0.15) is 18.2 Å². The summed E-state index contributed by atoms with van der Waals surface area (Å²) in [5, 5.41) is 12.7. The molecule has 0 atom stereocenters. The molecule has 0 unspecified atom stereocenters. The fraction of sp³-hybridized carbons (Fsp3) is 0.429. The highest BCUT2D eigenvalue weighted by atomic mass is 19.4. The molecule has 0 saturated heterocycles. The molecular formula is C28H32F3N7O. The number of pyridine rings is 1. The van der Waals surface area contributed by atoms with Crippen molar-refractivity contribution in [2.45, 2.75) is 70.1 Å². The first-order chi connectivity index (χ1) is 18.4. The van der Waals surface area contributed by atoms with Crippen molar-refractivity contribution in [1.29, 1.82) is 0 Å². The van der Waals surface area contributed by atoms with Crippen molar-refractivity contribution in [2.24, 2.45) is 0 Å². The molecule has 2 aliphatic rings. The molecule has 5 rings (SSSR count). The second-order valence-electron chi connectivity index (χ2n) is 11.0. The second-order valence-corrected chi connectivity index (χ2v) is 11.0. The number of nitrogens with zero attached hydrogens (tertiary/aromatic N) is 3. The summed E-state index contributed by atoms with van der Waals surface area (Å²) in [4.78, 5) is 25.7. The Kier molecular flexibility index (Phi) is 6.74. The first kappa shape index (κ1) is 26.9. The van der Waals surface area contributed by atoms with E-state index in [2.05, 4.69) is 48.4 Å². The molecule has 3 heterocycles. The van der Waals surface area contributed by atoms with Crippen molar-refractivity contribution in [3.8, 4) is 0 Å². The number of fused-ring (bicyclic) bond motifs is 2. The van der Waals surface area contributed by atoms with Gasteiger partial charge in [-0.15, -0.1) is 0 Å². The highest BCUT2D eigenvalue weighted by Gasteiger charge is 2.49. The number of carbonyl (C=O) groups is 1. The average molecular weight is 540 g/mol. The standard InChI is InChI=1S/C28H32F3N7O/c1-16(2)35-24(39)20-15-33-25(37-18-5-6-21-17(13-18)7-12-34-27(21)9-10-27)38-23(20)36-19-8-11-32-22(14-19)26(3,4)28(29,30)31/h5-6,8,11,13-16,34H,7,9-10,12H2,1-4H3,(H,35,39)(H2,32,33,36,37,38). The van der Waals surface area contributed by atoms with Crippen LogP contribution >= 0.6 is 0 Å². The molecule has 3 aromatic rings. The lowest BCUT2D eigenvalue weighted by molar-refractivity contribution is -0.181. The highest BCUT2D eigenvalue weighted by Crippen LogP contribution is 2.49. The predicted octanol–water partition coefficient (Wildman–Crippen LogP) is 5.47. The van der Waals surface area contributed by atoms with E-state index in [0.29, 0.717) is 5.69 Å². The Balaban J connectivity index is 1.45. The van der Waals surface area contributed by atoms with E-state index in [-0.39, 0.29) is 34.6 Å². The molecule has 0 radical (unpaired) electrons. The molecule has 0 bridgehead atoms. The number of rotatable bonds is 7. The minimum absolute atomic E-state index is 0.120. The number of hydrogen-bond donors (Lipinski definition) is 4. The lowest BCUT2D eigenvalue weighted by atomic mass is 9.88. The fourth-order valence-corrected chi connectivity index (χ4v) is 4.75. The number of amides is 1. The maximum absolute atomic E-state index is 13.6. The number of benzene rings is 1. The molecule has 1 spiro atoms. The number of anilines is 4. The lowest BCUT2D eigenvalue weighted by Gasteiger charge is -2.27. The topological polar surface area (TPSA) is 104 Å². The van der Waals surface area contributed by atoms with Crippen LogP contribution in [0.25, 0.3) is 0 Å². The highest BCUT2D eigenvalue weighted by molar-refractivity contribution is 5.99. The SMILES string of the molecule is CC(C)NC(=O)c1cnc(Nc2ccc3c(c2)CCNC32CC2)nc1Nc1ccnc(C(C)(C)C(F)(F)F)c1. The van der Waals surface area contributed by atoms with Crippen molar-refractivity contribution < 1.29 is 18.0 Å². The molecule has 1 amide bonds. The molecule has 1 aromatic carbocycles. The van der Waals surface area contributed by atoms with Gasteiger partial charge in [-0.05, 0) is 82.3 Å². The summed E-state index contributed by atoms with van der Waals surface area (Å²) >= 11 is 0. The Labute approximate surface area is 225 Å². The van der Waals surface area contributed by atoms with Crippen LogP contribution in [0.2, 0.25) is 0 Å². The van der Waals surface area contributed by atoms with Crippen molar-refractivity contribution in [3.63, 3.8) is 0 Å². The molecule has 4 N–H and O–H groups in total. The van der Waals surface area contributed by atoms with Gasteiger partial charge in [-0.25, -0.2) is 4.98 Å². The summed E-state index contributed by atoms with van der Waals surface area (Å²) in [5.74, 6) is 0.00480. The number of carbonyl (C=O) groups excluding carboxylic acids is 1. The number of hydrogen-bond acceptors (Lipinski definition) is 7. The van der Waals surface area contributed by atoms with Crippen LogP contribution in [0, 0.1) is 0 Å². The van der Waals surface area contributed by atoms with Gasteiger partial charge in [0.2, 0.25) is 5.95 Å². The molecule has 1 aliphatic carbocycles. The second kappa shape index (κ2) is 9.78. The van der Waals surface area contributed by atoms with Crippen molar-refractivity contribution in [1.82, 2.24) is 25.6 Å². The van der Waals surface area contributed by atoms with Gasteiger partial charge in [-0.1, -0.05) is 6.07 Å². The third kappa shape index (κ3) is 5.40. The Morgan fingerprint density at radius 3 is 2.49 bits per heavy atom. The quantitative estimate of drug-likeness (QED) is 0.316. The van der Waals surface area contributed by atoms with Crippen LogP contribution in [0.5, 0.6) is 0 Å². The maximum atomic E-state index is 13.6. The van der Waals surface area contributed by atoms with Gasteiger partial charge in [0, 0.05) is 41.9 Å². The molecule has 1 fully saturated rings. The van der Waals surface area contributed by atoms with Gasteiger partial charge in [0.15, 0.2) is 0 Å². The van der Waals surface area contributed by atoms with Gasteiger partial charge in [-0.3, -0.25) is 9.78 Å². The maximum Gasteiger partial charge on any atom is 0.399 e. The Bertz CT molecular complexity index is 1400. The van der Waals surface area contributed by atoms with E-state index in [1.165, 1.54) is 35.7 Å². The number of nitrogens with one attached hydrogen (secondary N) is 4. The minimum Gasteiger partial charge on any atom is -0.350 e. The monoisotopic (exact) mass is 539 g/mol. The van der Waals surface area contributed by atoms with Crippen LogP contribution in [-0.2, 0) is 17.4 Å². The van der Waals surface area contributed by atoms with E-state index in [0.717, 1.165) is 45.3 Å². The summed E-state index contributed by atoms with van der Waals surface area (Å²) in [6.07, 6.45) is 1.42. The van der Waals surface area contributed by atoms with Gasteiger partial charge < -0.3 is 21.3 Å². The Morgan fingerprint density at radius 1 is 1.05 bits per heavy atom. The van der Waals surface area contributed by atoms with Gasteiger partial charge in [0.25, 0.3) is 5.91 Å². The van der Waals surface area contributed by atoms with Crippen LogP contribution in [0.15, 0.2) is 42.7 Å². The van der Waals surface area contributed by atoms with Crippen LogP contribution in [0.1, 0.15) is 67.7 Å². The van der Waals surface area contributed by atoms with Gasteiger partial charge in [0.1, 0.15) is 16.8 Å². The smallest absolute Gasteiger partial charge is 0.350 e. The van der Waals surface area contributed by atoms with E-state index < -0.39 is 17.5 Å². The summed E-state index contributed by atoms with van der Waals surface area (Å²) < 4.78 is 40.9. The molecule has 8 nitrogen and oxygen atoms in total. The molecule has 206 valence electrons. The zero-order valence-corrected chi connectivity index (χ0v) is 22.3. The summed E-state index contributed by atoms with van der Waals surface area (Å²) in [6, 6.07) is 8.92. The Hall–Kier alpha value is -3.73. The van der Waals surface area contributed by atoms with E-state index in [1.807, 2.05) is 19.9 Å². The molecule has 11 heteroatoms.